The molecule has 0 saturated heterocycles. The Kier molecular flexibility index (Phi) is 12.5. The number of alkyl carbamates (subject to hydrolysis) is 1. The summed E-state index contributed by atoms with van der Waals surface area (Å²) in [5.41, 5.74) is 5.67. The van der Waals surface area contributed by atoms with Gasteiger partial charge in [-0.15, -0.1) is 0 Å². The predicted octanol–water partition coefficient (Wildman–Crippen LogP) is 3.02. The maximum absolute atomic E-state index is 12.4. The van der Waals surface area contributed by atoms with Gasteiger partial charge in [0.1, 0.15) is 5.60 Å². The van der Waals surface area contributed by atoms with Gasteiger partial charge in [-0.25, -0.2) is 18.6 Å². The van der Waals surface area contributed by atoms with Gasteiger partial charge in [-0.1, -0.05) is 5.11 Å². The lowest BCUT2D eigenvalue weighted by Gasteiger charge is -2.19. The van der Waals surface area contributed by atoms with Crippen molar-refractivity contribution in [3.63, 3.8) is 0 Å². The van der Waals surface area contributed by atoms with E-state index in [1.165, 1.54) is 32.4 Å². The van der Waals surface area contributed by atoms with Crippen LogP contribution in [-0.4, -0.2) is 69.8 Å². The van der Waals surface area contributed by atoms with Crippen molar-refractivity contribution in [2.75, 3.05) is 25.4 Å². The molecule has 0 aliphatic rings. The number of anilines is 1. The van der Waals surface area contributed by atoms with Gasteiger partial charge < -0.3 is 26.4 Å². The first-order valence-electron chi connectivity index (χ1n) is 13.4. The normalized spacial score (nSPS) is 12.4. The first kappa shape index (κ1) is 35.8. The van der Waals surface area contributed by atoms with Crippen molar-refractivity contribution < 1.29 is 50.0 Å². The number of azo groups is 1. The van der Waals surface area contributed by atoms with Crippen LogP contribution < -0.4 is 26.3 Å². The lowest BCUT2D eigenvalue weighted by molar-refractivity contribution is -0.683. The molecule has 0 unspecified atom stereocenters. The number of nitrogens with one attached hydrogen (secondary N) is 3. The van der Waals surface area contributed by atoms with E-state index in [1.54, 1.807) is 31.4 Å². The van der Waals surface area contributed by atoms with Crippen LogP contribution >= 0.6 is 0 Å². The number of hydrogen-bond acceptors (Lipinski definition) is 8. The molecule has 0 spiro atoms. The standard InChI is InChI=1S/C24H34F6N10O4/c1-22(2,3)44-21(43)34-9-6-12-40-17(31)16(15-35-40)36-37-20-38(10-4-7-32-18(41)23(25,26)27)13-14-39(20)11-5-8-33-19(42)24(28,29)30/h13-15,31H,4-12H2,1-3H3,(H3,32,33,34,41,42,43)/p+1. The molecule has 2 aromatic heterocycles. The Balaban J connectivity index is 2.07. The molecule has 0 atom stereocenters. The minimum Gasteiger partial charge on any atom is -0.444 e. The second kappa shape index (κ2) is 15.4. The Morgan fingerprint density at radius 2 is 1.48 bits per heavy atom. The SMILES string of the molecule is CC(C)(C)OC(=O)NCCCn1ncc(N=Nc2n(CCCNC(=O)C(F)(F)F)cc[n+]2CCCNC(=O)C(F)(F)F)c1N. The number of imidazole rings is 1. The van der Waals surface area contributed by atoms with Gasteiger partial charge in [0.05, 0.1) is 31.7 Å². The summed E-state index contributed by atoms with van der Waals surface area (Å²) in [5.74, 6) is -3.83. The van der Waals surface area contributed by atoms with E-state index in [0.29, 0.717) is 13.0 Å². The number of carbonyl (C=O) groups excluding carboxylic acids is 3. The molecule has 2 rings (SSSR count). The van der Waals surface area contributed by atoms with Gasteiger partial charge in [0.2, 0.25) is 0 Å². The number of ether oxygens (including phenoxy) is 1. The summed E-state index contributed by atoms with van der Waals surface area (Å²) in [7, 11) is 0. The zero-order valence-corrected chi connectivity index (χ0v) is 24.3. The van der Waals surface area contributed by atoms with Crippen LogP contribution in [0.1, 0.15) is 40.0 Å². The van der Waals surface area contributed by atoms with Gasteiger partial charge in [-0.2, -0.15) is 31.4 Å². The number of nitrogens with two attached hydrogens (primary N) is 1. The molecule has 0 saturated carbocycles. The van der Waals surface area contributed by atoms with E-state index < -0.39 is 35.9 Å². The Morgan fingerprint density at radius 1 is 0.909 bits per heavy atom. The summed E-state index contributed by atoms with van der Waals surface area (Å²) in [4.78, 5) is 33.8. The van der Waals surface area contributed by atoms with E-state index >= 15 is 0 Å². The number of nitrogen functional groups attached to an aromatic ring is 1. The maximum Gasteiger partial charge on any atom is 0.471 e. The van der Waals surface area contributed by atoms with Gasteiger partial charge in [-0.05, 0) is 40.0 Å². The van der Waals surface area contributed by atoms with E-state index in [0.717, 1.165) is 0 Å². The zero-order valence-electron chi connectivity index (χ0n) is 24.3. The van der Waals surface area contributed by atoms with E-state index in [1.807, 2.05) is 0 Å². The van der Waals surface area contributed by atoms with E-state index in [-0.39, 0.29) is 63.0 Å². The number of nitrogens with zero attached hydrogens (tertiary/aromatic N) is 6. The molecule has 20 heteroatoms. The Bertz CT molecular complexity index is 1250. The van der Waals surface area contributed by atoms with Crippen molar-refractivity contribution in [1.82, 2.24) is 30.3 Å². The molecule has 0 radical (unpaired) electrons. The minimum absolute atomic E-state index is 0.0814. The number of amides is 3. The highest BCUT2D eigenvalue weighted by molar-refractivity contribution is 5.81. The summed E-state index contributed by atoms with van der Waals surface area (Å²) < 4.78 is 84.2. The van der Waals surface area contributed by atoms with Gasteiger partial charge in [-0.3, -0.25) is 9.59 Å². The van der Waals surface area contributed by atoms with E-state index in [9.17, 15) is 40.7 Å². The molecule has 0 bridgehead atoms. The third-order valence-corrected chi connectivity index (χ3v) is 5.50. The quantitative estimate of drug-likeness (QED) is 0.107. The van der Waals surface area contributed by atoms with Crippen molar-refractivity contribution >= 4 is 35.4 Å². The van der Waals surface area contributed by atoms with Crippen molar-refractivity contribution in [1.29, 1.82) is 0 Å². The smallest absolute Gasteiger partial charge is 0.444 e. The third kappa shape index (κ3) is 12.1. The van der Waals surface area contributed by atoms with Crippen molar-refractivity contribution in [2.45, 2.75) is 77.6 Å². The highest BCUT2D eigenvalue weighted by Crippen LogP contribution is 2.24. The summed E-state index contributed by atoms with van der Waals surface area (Å²) in [6, 6.07) is 0. The largest absolute Gasteiger partial charge is 0.471 e. The van der Waals surface area contributed by atoms with Gasteiger partial charge in [0, 0.05) is 31.3 Å². The lowest BCUT2D eigenvalue weighted by atomic mass is 10.2. The molecule has 2 aromatic rings. The number of aryl methyl sites for hydroxylation is 3. The number of rotatable bonds is 14. The molecule has 0 aromatic carbocycles. The Hall–Kier alpha value is -4.39. The number of hydrogen-bond donors (Lipinski definition) is 4. The number of alkyl halides is 6. The topological polar surface area (TPSA) is 174 Å². The fourth-order valence-electron chi connectivity index (χ4n) is 3.50. The predicted molar refractivity (Wildman–Crippen MR) is 142 cm³/mol. The van der Waals surface area contributed by atoms with E-state index in [4.69, 9.17) is 10.5 Å². The molecule has 2 heterocycles. The molecular formula is C24H35F6N10O4+. The molecule has 0 fully saturated rings. The average Bonchev–Trinajstić information content (AvgIpc) is 3.45. The number of aromatic nitrogens is 4. The van der Waals surface area contributed by atoms with Gasteiger partial charge in [0.15, 0.2) is 11.5 Å². The number of carbonyl (C=O) groups is 3. The van der Waals surface area contributed by atoms with Crippen molar-refractivity contribution in [3.8, 4) is 0 Å². The summed E-state index contributed by atoms with van der Waals surface area (Å²) >= 11 is 0. The van der Waals surface area contributed by atoms with E-state index in [2.05, 4.69) is 20.6 Å². The molecule has 0 aliphatic carbocycles. The third-order valence-electron chi connectivity index (χ3n) is 5.50. The monoisotopic (exact) mass is 641 g/mol. The Morgan fingerprint density at radius 3 is 2.07 bits per heavy atom. The summed E-state index contributed by atoms with van der Waals surface area (Å²) in [6.45, 7) is 5.43. The van der Waals surface area contributed by atoms with Crippen LogP contribution in [0, 0.1) is 0 Å². The first-order chi connectivity index (χ1) is 20.4. The second-order valence-corrected chi connectivity index (χ2v) is 10.3. The fourth-order valence-corrected chi connectivity index (χ4v) is 3.50. The average molecular weight is 642 g/mol. The van der Waals surface area contributed by atoms with Gasteiger partial charge >= 0.3 is 36.2 Å². The van der Waals surface area contributed by atoms with Crippen LogP contribution in [0.2, 0.25) is 0 Å². The highest BCUT2D eigenvalue weighted by Gasteiger charge is 2.39. The van der Waals surface area contributed by atoms with Crippen molar-refractivity contribution in [3.05, 3.63) is 18.6 Å². The minimum atomic E-state index is -5.02. The van der Waals surface area contributed by atoms with Crippen LogP contribution in [0.3, 0.4) is 0 Å². The van der Waals surface area contributed by atoms with Crippen LogP contribution in [0.15, 0.2) is 28.8 Å². The first-order valence-corrected chi connectivity index (χ1v) is 13.4. The van der Waals surface area contributed by atoms with Crippen LogP contribution in [0.25, 0.3) is 0 Å². The zero-order chi connectivity index (χ0) is 33.1. The van der Waals surface area contributed by atoms with Crippen LogP contribution in [0.4, 0.5) is 48.6 Å². The molecule has 44 heavy (non-hydrogen) atoms. The fraction of sp³-hybridized carbons (Fsp3) is 0.625. The molecular weight excluding hydrogens is 606 g/mol. The van der Waals surface area contributed by atoms with Gasteiger partial charge in [0.25, 0.3) is 0 Å². The molecule has 3 amide bonds. The van der Waals surface area contributed by atoms with Crippen LogP contribution in [-0.2, 0) is 34.0 Å². The highest BCUT2D eigenvalue weighted by atomic mass is 19.4. The van der Waals surface area contributed by atoms with Crippen LogP contribution in [0.5, 0.6) is 0 Å². The second-order valence-electron chi connectivity index (χ2n) is 10.3. The molecule has 5 N–H and O–H groups in total. The summed E-state index contributed by atoms with van der Waals surface area (Å²) in [6.07, 6.45) is -5.58. The number of halogens is 6. The van der Waals surface area contributed by atoms with Crippen molar-refractivity contribution in [2.24, 2.45) is 10.2 Å². The molecule has 14 nitrogen and oxygen atoms in total. The summed E-state index contributed by atoms with van der Waals surface area (Å²) in [5, 5.41) is 18.6. The Labute approximate surface area is 248 Å². The molecule has 246 valence electrons. The molecule has 0 aliphatic heterocycles. The maximum atomic E-state index is 12.4. The lowest BCUT2D eigenvalue weighted by Crippen LogP contribution is -2.39.